The van der Waals surface area contributed by atoms with E-state index in [1.807, 2.05) is 25.2 Å². The monoisotopic (exact) mass is 248 g/mol. The minimum Gasteiger partial charge on any atom is -0.494 e. The molecule has 1 amide bonds. The summed E-state index contributed by atoms with van der Waals surface area (Å²) in [7, 11) is 1.95. The lowest BCUT2D eigenvalue weighted by atomic mass is 10.0. The van der Waals surface area contributed by atoms with E-state index in [9.17, 15) is 4.79 Å². The highest BCUT2D eigenvalue weighted by Gasteiger charge is 2.14. The average Bonchev–Trinajstić information content (AvgIpc) is 2.38. The highest BCUT2D eigenvalue weighted by molar-refractivity contribution is 5.93. The van der Waals surface area contributed by atoms with E-state index in [0.29, 0.717) is 19.1 Å². The van der Waals surface area contributed by atoms with Crippen molar-refractivity contribution in [1.82, 2.24) is 5.32 Å². The summed E-state index contributed by atoms with van der Waals surface area (Å²) in [6.07, 6.45) is 2.34. The molecule has 0 aliphatic carbocycles. The average molecular weight is 248 g/mol. The quantitative estimate of drug-likeness (QED) is 0.837. The van der Waals surface area contributed by atoms with Crippen molar-refractivity contribution in [2.45, 2.75) is 32.2 Å². The van der Waals surface area contributed by atoms with Crippen LogP contribution in [-0.2, 0) is 11.2 Å². The zero-order valence-electron chi connectivity index (χ0n) is 11.0. The number of ether oxygens (including phenoxy) is 1. The van der Waals surface area contributed by atoms with Gasteiger partial charge in [-0.1, -0.05) is 0 Å². The van der Waals surface area contributed by atoms with Crippen LogP contribution in [0, 0.1) is 0 Å². The smallest absolute Gasteiger partial charge is 0.224 e. The van der Waals surface area contributed by atoms with Crippen LogP contribution in [0.15, 0.2) is 18.2 Å². The zero-order chi connectivity index (χ0) is 13.0. The van der Waals surface area contributed by atoms with Crippen LogP contribution in [-0.4, -0.2) is 25.6 Å². The second kappa shape index (κ2) is 5.87. The molecule has 2 rings (SSSR count). The first-order chi connectivity index (χ1) is 8.69. The summed E-state index contributed by atoms with van der Waals surface area (Å²) in [5, 5.41) is 6.04. The molecule has 1 aliphatic rings. The van der Waals surface area contributed by atoms with E-state index in [0.717, 1.165) is 29.8 Å². The fourth-order valence-electron chi connectivity index (χ4n) is 1.95. The molecule has 1 heterocycles. The highest BCUT2D eigenvalue weighted by Crippen LogP contribution is 2.26. The highest BCUT2D eigenvalue weighted by atomic mass is 16.5. The number of anilines is 1. The van der Waals surface area contributed by atoms with Crippen LogP contribution in [0.25, 0.3) is 0 Å². The van der Waals surface area contributed by atoms with Gasteiger partial charge in [-0.3, -0.25) is 4.79 Å². The van der Waals surface area contributed by atoms with E-state index in [2.05, 4.69) is 17.6 Å². The number of hydrogen-bond acceptors (Lipinski definition) is 3. The van der Waals surface area contributed by atoms with Gasteiger partial charge in [-0.05, 0) is 50.6 Å². The maximum atomic E-state index is 11.2. The lowest BCUT2D eigenvalue weighted by Crippen LogP contribution is -2.23. The first-order valence-corrected chi connectivity index (χ1v) is 6.42. The molecule has 0 bridgehead atoms. The molecule has 98 valence electrons. The van der Waals surface area contributed by atoms with Crippen molar-refractivity contribution in [2.75, 3.05) is 19.0 Å². The predicted molar refractivity (Wildman–Crippen MR) is 72.0 cm³/mol. The molecule has 0 fully saturated rings. The Balaban J connectivity index is 1.93. The summed E-state index contributed by atoms with van der Waals surface area (Å²) < 4.78 is 5.72. The number of aryl methyl sites for hydroxylation is 1. The van der Waals surface area contributed by atoms with Gasteiger partial charge in [-0.2, -0.15) is 0 Å². The van der Waals surface area contributed by atoms with E-state index < -0.39 is 0 Å². The molecule has 0 spiro atoms. The van der Waals surface area contributed by atoms with Crippen molar-refractivity contribution in [1.29, 1.82) is 0 Å². The molecular formula is C14H20N2O2. The summed E-state index contributed by atoms with van der Waals surface area (Å²) in [5.41, 5.74) is 2.08. The third kappa shape index (κ3) is 3.23. The molecule has 1 atom stereocenters. The Morgan fingerprint density at radius 3 is 3.06 bits per heavy atom. The van der Waals surface area contributed by atoms with E-state index in [-0.39, 0.29) is 5.91 Å². The van der Waals surface area contributed by atoms with Gasteiger partial charge in [0.2, 0.25) is 5.91 Å². The lowest BCUT2D eigenvalue weighted by Gasteiger charge is -2.18. The van der Waals surface area contributed by atoms with Crippen molar-refractivity contribution in [3.05, 3.63) is 23.8 Å². The Kier molecular flexibility index (Phi) is 4.20. The molecule has 4 nitrogen and oxygen atoms in total. The first kappa shape index (κ1) is 12.9. The van der Waals surface area contributed by atoms with Gasteiger partial charge in [0.1, 0.15) is 5.75 Å². The number of nitrogens with one attached hydrogen (secondary N) is 2. The number of hydrogen-bond donors (Lipinski definition) is 2. The number of benzene rings is 1. The third-order valence-electron chi connectivity index (χ3n) is 3.28. The number of carbonyl (C=O) groups is 1. The molecular weight excluding hydrogens is 228 g/mol. The standard InChI is InChI=1S/C14H20N2O2/c1-10(15-2)7-8-18-12-4-5-13-11(9-12)3-6-14(17)16-13/h4-5,9-10,15H,3,6-8H2,1-2H3,(H,16,17). The molecule has 18 heavy (non-hydrogen) atoms. The summed E-state index contributed by atoms with van der Waals surface area (Å²) in [6.45, 7) is 2.83. The van der Waals surface area contributed by atoms with E-state index in [1.54, 1.807) is 0 Å². The minimum atomic E-state index is 0.0963. The molecule has 0 saturated carbocycles. The zero-order valence-corrected chi connectivity index (χ0v) is 11.0. The Labute approximate surface area is 108 Å². The summed E-state index contributed by atoms with van der Waals surface area (Å²) >= 11 is 0. The molecule has 4 heteroatoms. The van der Waals surface area contributed by atoms with Crippen LogP contribution < -0.4 is 15.4 Å². The Bertz CT molecular complexity index is 432. The van der Waals surface area contributed by atoms with Crippen molar-refractivity contribution < 1.29 is 9.53 Å². The largest absolute Gasteiger partial charge is 0.494 e. The second-order valence-electron chi connectivity index (χ2n) is 4.69. The third-order valence-corrected chi connectivity index (χ3v) is 3.28. The van der Waals surface area contributed by atoms with E-state index in [1.165, 1.54) is 0 Å². The van der Waals surface area contributed by atoms with Gasteiger partial charge in [0.05, 0.1) is 6.61 Å². The van der Waals surface area contributed by atoms with Gasteiger partial charge in [-0.25, -0.2) is 0 Å². The normalized spacial score (nSPS) is 15.8. The maximum Gasteiger partial charge on any atom is 0.224 e. The topological polar surface area (TPSA) is 50.4 Å². The molecule has 0 aromatic heterocycles. The van der Waals surface area contributed by atoms with Crippen molar-refractivity contribution >= 4 is 11.6 Å². The van der Waals surface area contributed by atoms with E-state index in [4.69, 9.17) is 4.74 Å². The molecule has 1 aliphatic heterocycles. The SMILES string of the molecule is CNC(C)CCOc1ccc2c(c1)CCC(=O)N2. The first-order valence-electron chi connectivity index (χ1n) is 6.42. The number of amides is 1. The fraction of sp³-hybridized carbons (Fsp3) is 0.500. The van der Waals surface area contributed by atoms with E-state index >= 15 is 0 Å². The number of carbonyl (C=O) groups excluding carboxylic acids is 1. The Morgan fingerprint density at radius 2 is 2.28 bits per heavy atom. The van der Waals surface area contributed by atoms with Crippen molar-refractivity contribution in [3.63, 3.8) is 0 Å². The maximum absolute atomic E-state index is 11.2. The predicted octanol–water partition coefficient (Wildman–Crippen LogP) is 1.95. The molecule has 0 saturated heterocycles. The summed E-state index contributed by atoms with van der Waals surface area (Å²) in [6, 6.07) is 6.32. The van der Waals surface area contributed by atoms with Crippen molar-refractivity contribution in [3.8, 4) is 5.75 Å². The van der Waals surface area contributed by atoms with Gasteiger partial charge < -0.3 is 15.4 Å². The minimum absolute atomic E-state index is 0.0963. The molecule has 1 unspecified atom stereocenters. The van der Waals surface area contributed by atoms with Crippen LogP contribution in [0.4, 0.5) is 5.69 Å². The molecule has 0 radical (unpaired) electrons. The van der Waals surface area contributed by atoms with Crippen molar-refractivity contribution in [2.24, 2.45) is 0 Å². The molecule has 1 aromatic rings. The molecule has 1 aromatic carbocycles. The fourth-order valence-corrected chi connectivity index (χ4v) is 1.95. The van der Waals surface area contributed by atoms with Crippen LogP contribution in [0.3, 0.4) is 0 Å². The Morgan fingerprint density at radius 1 is 1.44 bits per heavy atom. The van der Waals surface area contributed by atoms with Gasteiger partial charge in [-0.15, -0.1) is 0 Å². The van der Waals surface area contributed by atoms with Gasteiger partial charge in [0.25, 0.3) is 0 Å². The number of rotatable bonds is 5. The lowest BCUT2D eigenvalue weighted by molar-refractivity contribution is -0.116. The second-order valence-corrected chi connectivity index (χ2v) is 4.69. The van der Waals surface area contributed by atoms with Gasteiger partial charge in [0, 0.05) is 18.2 Å². The van der Waals surface area contributed by atoms with Crippen LogP contribution in [0.2, 0.25) is 0 Å². The summed E-state index contributed by atoms with van der Waals surface area (Å²) in [4.78, 5) is 11.2. The van der Waals surface area contributed by atoms with Gasteiger partial charge in [0.15, 0.2) is 0 Å². The number of fused-ring (bicyclic) bond motifs is 1. The Hall–Kier alpha value is -1.55. The van der Waals surface area contributed by atoms with Crippen LogP contribution in [0.5, 0.6) is 5.75 Å². The van der Waals surface area contributed by atoms with Crippen LogP contribution >= 0.6 is 0 Å². The summed E-state index contributed by atoms with van der Waals surface area (Å²) in [5.74, 6) is 0.979. The molecule has 2 N–H and O–H groups in total. The van der Waals surface area contributed by atoms with Gasteiger partial charge >= 0.3 is 0 Å². The van der Waals surface area contributed by atoms with Crippen LogP contribution in [0.1, 0.15) is 25.3 Å².